The fourth-order valence-electron chi connectivity index (χ4n) is 4.29. The Balaban J connectivity index is 1.23. The van der Waals surface area contributed by atoms with Gasteiger partial charge in [0.2, 0.25) is 0 Å². The van der Waals surface area contributed by atoms with Crippen molar-refractivity contribution in [3.05, 3.63) is 90.5 Å². The second kappa shape index (κ2) is 9.11. The van der Waals surface area contributed by atoms with E-state index in [0.29, 0.717) is 41.7 Å². The summed E-state index contributed by atoms with van der Waals surface area (Å²) in [6, 6.07) is 26.6. The van der Waals surface area contributed by atoms with Gasteiger partial charge in [-0.15, -0.1) is 0 Å². The predicted molar refractivity (Wildman–Crippen MR) is 139 cm³/mol. The quantitative estimate of drug-likeness (QED) is 0.328. The number of aromatic nitrogens is 2. The summed E-state index contributed by atoms with van der Waals surface area (Å²) in [6.45, 7) is 1.04. The van der Waals surface area contributed by atoms with Gasteiger partial charge in [-0.2, -0.15) is 0 Å². The fourth-order valence-corrected chi connectivity index (χ4v) is 4.29. The largest absolute Gasteiger partial charge is 0.496 e. The Morgan fingerprint density at radius 3 is 2.47 bits per heavy atom. The lowest BCUT2D eigenvalue weighted by Gasteiger charge is -2.19. The van der Waals surface area contributed by atoms with E-state index in [4.69, 9.17) is 14.2 Å². The topological polar surface area (TPSA) is 85.5 Å². The molecule has 2 heterocycles. The molecule has 0 saturated carbocycles. The summed E-state index contributed by atoms with van der Waals surface area (Å²) in [5, 5.41) is 2.97. The first-order valence-corrected chi connectivity index (χ1v) is 11.6. The molecule has 0 atom stereocenters. The molecule has 1 aliphatic rings. The highest BCUT2D eigenvalue weighted by Crippen LogP contribution is 2.38. The second-order valence-corrected chi connectivity index (χ2v) is 8.41. The van der Waals surface area contributed by atoms with Crippen LogP contribution >= 0.6 is 0 Å². The maximum absolute atomic E-state index is 13.1. The number of hydrogen-bond acceptors (Lipinski definition) is 5. The zero-order chi connectivity index (χ0) is 24.5. The molecule has 178 valence electrons. The summed E-state index contributed by atoms with van der Waals surface area (Å²) in [7, 11) is 1.61. The number of fused-ring (bicyclic) bond motifs is 2. The molecular weight excluding hydrogens is 454 g/mol. The number of carbonyl (C=O) groups is 1. The number of para-hydroxylation sites is 2. The van der Waals surface area contributed by atoms with Crippen LogP contribution < -0.4 is 19.5 Å². The summed E-state index contributed by atoms with van der Waals surface area (Å²) in [4.78, 5) is 21.0. The summed E-state index contributed by atoms with van der Waals surface area (Å²) >= 11 is 0. The van der Waals surface area contributed by atoms with Crippen molar-refractivity contribution in [1.29, 1.82) is 0 Å². The van der Waals surface area contributed by atoms with E-state index < -0.39 is 0 Å². The molecular formula is C29H23N3O4. The minimum absolute atomic E-state index is 0.215. The Labute approximate surface area is 207 Å². The van der Waals surface area contributed by atoms with Crippen LogP contribution in [0.4, 0.5) is 5.69 Å². The van der Waals surface area contributed by atoms with Crippen LogP contribution in [0.15, 0.2) is 84.9 Å². The van der Waals surface area contributed by atoms with Gasteiger partial charge < -0.3 is 24.5 Å². The fraction of sp³-hybridized carbons (Fsp3) is 0.103. The van der Waals surface area contributed by atoms with Gasteiger partial charge in [-0.1, -0.05) is 18.2 Å². The van der Waals surface area contributed by atoms with Crippen LogP contribution in [0.5, 0.6) is 17.2 Å². The first-order valence-electron chi connectivity index (χ1n) is 11.6. The molecule has 1 aliphatic heterocycles. The number of H-pyrrole nitrogens is 1. The maximum atomic E-state index is 13.1. The lowest BCUT2D eigenvalue weighted by Crippen LogP contribution is -2.15. The highest BCUT2D eigenvalue weighted by molar-refractivity contribution is 6.05. The van der Waals surface area contributed by atoms with Gasteiger partial charge in [0.1, 0.15) is 24.8 Å². The third-order valence-electron chi connectivity index (χ3n) is 6.12. The zero-order valence-corrected chi connectivity index (χ0v) is 19.6. The van der Waals surface area contributed by atoms with Crippen molar-refractivity contribution in [2.75, 3.05) is 25.6 Å². The number of benzene rings is 4. The van der Waals surface area contributed by atoms with Gasteiger partial charge >= 0.3 is 0 Å². The number of anilines is 1. The van der Waals surface area contributed by atoms with E-state index >= 15 is 0 Å². The van der Waals surface area contributed by atoms with E-state index in [1.807, 2.05) is 72.8 Å². The van der Waals surface area contributed by atoms with Gasteiger partial charge in [0.25, 0.3) is 5.91 Å². The zero-order valence-electron chi connectivity index (χ0n) is 19.6. The molecule has 1 amide bonds. The van der Waals surface area contributed by atoms with E-state index in [1.165, 1.54) is 0 Å². The van der Waals surface area contributed by atoms with Gasteiger partial charge in [-0.3, -0.25) is 4.79 Å². The molecule has 0 spiro atoms. The monoisotopic (exact) mass is 477 g/mol. The van der Waals surface area contributed by atoms with Gasteiger partial charge in [0, 0.05) is 22.4 Å². The van der Waals surface area contributed by atoms with Crippen molar-refractivity contribution < 1.29 is 19.0 Å². The molecule has 0 saturated heterocycles. The second-order valence-electron chi connectivity index (χ2n) is 8.41. The number of nitrogens with zero attached hydrogens (tertiary/aromatic N) is 1. The molecule has 0 unspecified atom stereocenters. The van der Waals surface area contributed by atoms with E-state index in [-0.39, 0.29) is 5.91 Å². The Kier molecular flexibility index (Phi) is 5.50. The predicted octanol–water partition coefficient (Wildman–Crippen LogP) is 5.93. The number of ether oxygens (including phenoxy) is 3. The van der Waals surface area contributed by atoms with Crippen molar-refractivity contribution >= 4 is 22.6 Å². The lowest BCUT2D eigenvalue weighted by atomic mass is 10.0. The van der Waals surface area contributed by atoms with E-state index in [9.17, 15) is 4.79 Å². The van der Waals surface area contributed by atoms with Crippen LogP contribution in [0.2, 0.25) is 0 Å². The number of rotatable bonds is 5. The number of methoxy groups -OCH3 is 1. The van der Waals surface area contributed by atoms with Crippen molar-refractivity contribution in [1.82, 2.24) is 9.97 Å². The minimum Gasteiger partial charge on any atom is -0.496 e. The highest BCUT2D eigenvalue weighted by atomic mass is 16.6. The summed E-state index contributed by atoms with van der Waals surface area (Å²) in [5.74, 6) is 2.63. The SMILES string of the molecule is COc1ccc(C(=O)Nc2ccc(-c3nc4ccccc4[nH]3)cc2)cc1-c1ccc2c(c1)OCCO2. The maximum Gasteiger partial charge on any atom is 0.255 e. The Hall–Kier alpha value is -4.78. The molecule has 6 rings (SSSR count). The molecule has 0 radical (unpaired) electrons. The van der Waals surface area contributed by atoms with Crippen LogP contribution in [0, 0.1) is 0 Å². The summed E-state index contributed by atoms with van der Waals surface area (Å²) < 4.78 is 16.9. The third-order valence-corrected chi connectivity index (χ3v) is 6.12. The van der Waals surface area contributed by atoms with Crippen LogP contribution in [0.25, 0.3) is 33.5 Å². The first-order chi connectivity index (χ1) is 17.7. The molecule has 2 N–H and O–H groups in total. The van der Waals surface area contributed by atoms with Crippen molar-refractivity contribution in [2.24, 2.45) is 0 Å². The number of carbonyl (C=O) groups excluding carboxylic acids is 1. The average molecular weight is 478 g/mol. The number of amides is 1. The molecule has 7 heteroatoms. The van der Waals surface area contributed by atoms with Gasteiger partial charge in [0.15, 0.2) is 11.5 Å². The number of hydrogen-bond donors (Lipinski definition) is 2. The molecule has 0 fully saturated rings. The molecule has 7 nitrogen and oxygen atoms in total. The number of aromatic amines is 1. The number of nitrogens with one attached hydrogen (secondary N) is 2. The van der Waals surface area contributed by atoms with E-state index in [1.54, 1.807) is 19.2 Å². The van der Waals surface area contributed by atoms with Crippen molar-refractivity contribution in [3.8, 4) is 39.8 Å². The normalized spacial score (nSPS) is 12.4. The molecule has 0 aliphatic carbocycles. The molecule has 0 bridgehead atoms. The third kappa shape index (κ3) is 4.11. The Morgan fingerprint density at radius 2 is 1.67 bits per heavy atom. The molecule has 36 heavy (non-hydrogen) atoms. The molecule has 4 aromatic carbocycles. The van der Waals surface area contributed by atoms with Crippen LogP contribution in [0.3, 0.4) is 0 Å². The van der Waals surface area contributed by atoms with Crippen molar-refractivity contribution in [2.45, 2.75) is 0 Å². The minimum atomic E-state index is -0.215. The van der Waals surface area contributed by atoms with Crippen LogP contribution in [-0.2, 0) is 0 Å². The average Bonchev–Trinajstić information content (AvgIpc) is 3.37. The molecule has 1 aromatic heterocycles. The first kappa shape index (κ1) is 21.7. The van der Waals surface area contributed by atoms with Gasteiger partial charge in [-0.05, 0) is 72.3 Å². The standard InChI is InChI=1S/C29H23N3O4/c1-34-25-12-9-20(16-22(25)19-8-13-26-27(17-19)36-15-14-35-26)29(33)30-21-10-6-18(7-11-21)28-31-23-4-2-3-5-24(23)32-28/h2-13,16-17H,14-15H2,1H3,(H,30,33)(H,31,32). The Bertz CT molecular complexity index is 1540. The highest BCUT2D eigenvalue weighted by Gasteiger charge is 2.17. The van der Waals surface area contributed by atoms with Crippen molar-refractivity contribution in [3.63, 3.8) is 0 Å². The van der Waals surface area contributed by atoms with E-state index in [0.717, 1.165) is 33.5 Å². The van der Waals surface area contributed by atoms with Crippen LogP contribution in [0.1, 0.15) is 10.4 Å². The summed E-state index contributed by atoms with van der Waals surface area (Å²) in [6.07, 6.45) is 0. The van der Waals surface area contributed by atoms with E-state index in [2.05, 4.69) is 15.3 Å². The summed E-state index contributed by atoms with van der Waals surface area (Å²) in [5.41, 5.74) is 5.72. The number of imidazole rings is 1. The Morgan fingerprint density at radius 1 is 0.889 bits per heavy atom. The smallest absolute Gasteiger partial charge is 0.255 e. The lowest BCUT2D eigenvalue weighted by molar-refractivity contribution is 0.102. The van der Waals surface area contributed by atoms with Crippen LogP contribution in [-0.4, -0.2) is 36.2 Å². The van der Waals surface area contributed by atoms with Gasteiger partial charge in [-0.25, -0.2) is 4.98 Å². The molecule has 5 aromatic rings. The van der Waals surface area contributed by atoms with Gasteiger partial charge in [0.05, 0.1) is 18.1 Å².